The van der Waals surface area contributed by atoms with Crippen LogP contribution in [0.4, 0.5) is 4.79 Å². The first kappa shape index (κ1) is 15.4. The summed E-state index contributed by atoms with van der Waals surface area (Å²) in [4.78, 5) is 25.6. The fourth-order valence-corrected chi connectivity index (χ4v) is 2.49. The first-order valence-corrected chi connectivity index (χ1v) is 7.44. The topological polar surface area (TPSA) is 58.6 Å². The molecule has 0 spiro atoms. The molecule has 2 amide bonds. The minimum atomic E-state index is -0.340. The molecule has 1 heterocycles. The lowest BCUT2D eigenvalue weighted by Crippen LogP contribution is -2.45. The summed E-state index contributed by atoms with van der Waals surface area (Å²) < 4.78 is 5.31. The number of amides is 2. The number of piperidine rings is 1. The molecular formula is C16H22N2O3. The number of benzene rings is 1. The SMILES string of the molecule is CCNC(=O)C1CCCN(C(=O)OCc2ccccc2)C1. The normalized spacial score (nSPS) is 18.1. The van der Waals surface area contributed by atoms with Crippen LogP contribution in [0.5, 0.6) is 0 Å². The maximum absolute atomic E-state index is 12.1. The van der Waals surface area contributed by atoms with Crippen molar-refractivity contribution in [3.8, 4) is 0 Å². The van der Waals surface area contributed by atoms with Crippen molar-refractivity contribution in [2.24, 2.45) is 5.92 Å². The molecule has 0 aliphatic carbocycles. The Bertz CT molecular complexity index is 476. The smallest absolute Gasteiger partial charge is 0.410 e. The average Bonchev–Trinajstić information content (AvgIpc) is 2.54. The number of hydrogen-bond donors (Lipinski definition) is 1. The lowest BCUT2D eigenvalue weighted by atomic mass is 9.97. The summed E-state index contributed by atoms with van der Waals surface area (Å²) in [7, 11) is 0. The van der Waals surface area contributed by atoms with E-state index in [9.17, 15) is 9.59 Å². The second-order valence-corrected chi connectivity index (χ2v) is 5.22. The zero-order valence-electron chi connectivity index (χ0n) is 12.4. The minimum Gasteiger partial charge on any atom is -0.445 e. The second-order valence-electron chi connectivity index (χ2n) is 5.22. The van der Waals surface area contributed by atoms with E-state index >= 15 is 0 Å². The van der Waals surface area contributed by atoms with Gasteiger partial charge in [0.05, 0.1) is 5.92 Å². The third-order valence-corrected chi connectivity index (χ3v) is 3.61. The van der Waals surface area contributed by atoms with E-state index in [0.717, 1.165) is 18.4 Å². The molecule has 1 saturated heterocycles. The number of hydrogen-bond acceptors (Lipinski definition) is 3. The summed E-state index contributed by atoms with van der Waals surface area (Å²) in [6.07, 6.45) is 1.32. The zero-order chi connectivity index (χ0) is 15.1. The van der Waals surface area contributed by atoms with Crippen molar-refractivity contribution in [1.29, 1.82) is 0 Å². The van der Waals surface area contributed by atoms with E-state index in [-0.39, 0.29) is 24.5 Å². The van der Waals surface area contributed by atoms with Crippen LogP contribution in [0.2, 0.25) is 0 Å². The first-order chi connectivity index (χ1) is 10.2. The second kappa shape index (κ2) is 7.67. The van der Waals surface area contributed by atoms with Gasteiger partial charge in [-0.25, -0.2) is 4.79 Å². The molecule has 21 heavy (non-hydrogen) atoms. The lowest BCUT2D eigenvalue weighted by molar-refractivity contribution is -0.126. The highest BCUT2D eigenvalue weighted by molar-refractivity contribution is 5.79. The Balaban J connectivity index is 1.83. The first-order valence-electron chi connectivity index (χ1n) is 7.44. The molecule has 2 rings (SSSR count). The van der Waals surface area contributed by atoms with Gasteiger partial charge in [0.1, 0.15) is 6.61 Å². The van der Waals surface area contributed by atoms with E-state index in [4.69, 9.17) is 4.74 Å². The Labute approximate surface area is 125 Å². The van der Waals surface area contributed by atoms with Crippen LogP contribution in [0.1, 0.15) is 25.3 Å². The molecule has 1 atom stereocenters. The van der Waals surface area contributed by atoms with Gasteiger partial charge < -0.3 is 15.0 Å². The third kappa shape index (κ3) is 4.48. The Morgan fingerprint density at radius 2 is 2.10 bits per heavy atom. The molecule has 0 bridgehead atoms. The number of rotatable bonds is 4. The van der Waals surface area contributed by atoms with Crippen molar-refractivity contribution in [1.82, 2.24) is 10.2 Å². The van der Waals surface area contributed by atoms with E-state index < -0.39 is 0 Å². The Morgan fingerprint density at radius 1 is 1.33 bits per heavy atom. The molecule has 1 aliphatic heterocycles. The highest BCUT2D eigenvalue weighted by atomic mass is 16.6. The van der Waals surface area contributed by atoms with Crippen LogP contribution < -0.4 is 5.32 Å². The molecule has 114 valence electrons. The van der Waals surface area contributed by atoms with Crippen molar-refractivity contribution >= 4 is 12.0 Å². The fourth-order valence-electron chi connectivity index (χ4n) is 2.49. The van der Waals surface area contributed by atoms with Gasteiger partial charge in [-0.05, 0) is 25.3 Å². The van der Waals surface area contributed by atoms with Crippen molar-refractivity contribution in [3.63, 3.8) is 0 Å². The van der Waals surface area contributed by atoms with Crippen LogP contribution in [-0.4, -0.2) is 36.5 Å². The largest absolute Gasteiger partial charge is 0.445 e. The maximum atomic E-state index is 12.1. The molecule has 0 radical (unpaired) electrons. The number of nitrogens with one attached hydrogen (secondary N) is 1. The van der Waals surface area contributed by atoms with Crippen molar-refractivity contribution < 1.29 is 14.3 Å². The summed E-state index contributed by atoms with van der Waals surface area (Å²) in [5.74, 6) is -0.0963. The average molecular weight is 290 g/mol. The van der Waals surface area contributed by atoms with E-state index in [1.165, 1.54) is 0 Å². The Hall–Kier alpha value is -2.04. The van der Waals surface area contributed by atoms with Crippen LogP contribution in [0.15, 0.2) is 30.3 Å². The highest BCUT2D eigenvalue weighted by Crippen LogP contribution is 2.17. The molecule has 1 N–H and O–H groups in total. The number of likely N-dealkylation sites (tertiary alicyclic amines) is 1. The summed E-state index contributed by atoms with van der Waals surface area (Å²) >= 11 is 0. The van der Waals surface area contributed by atoms with Crippen LogP contribution >= 0.6 is 0 Å². The van der Waals surface area contributed by atoms with Crippen molar-refractivity contribution in [3.05, 3.63) is 35.9 Å². The van der Waals surface area contributed by atoms with Gasteiger partial charge in [-0.2, -0.15) is 0 Å². The molecule has 0 saturated carbocycles. The predicted octanol–water partition coefficient (Wildman–Crippen LogP) is 2.17. The highest BCUT2D eigenvalue weighted by Gasteiger charge is 2.28. The maximum Gasteiger partial charge on any atom is 0.410 e. The van der Waals surface area contributed by atoms with E-state index in [1.54, 1.807) is 4.90 Å². The number of ether oxygens (including phenoxy) is 1. The molecule has 1 aromatic carbocycles. The Kier molecular flexibility index (Phi) is 5.60. The van der Waals surface area contributed by atoms with Gasteiger partial charge in [0.15, 0.2) is 0 Å². The molecule has 1 aliphatic rings. The molecule has 1 fully saturated rings. The molecule has 5 heteroatoms. The monoisotopic (exact) mass is 290 g/mol. The van der Waals surface area contributed by atoms with Crippen molar-refractivity contribution in [2.45, 2.75) is 26.4 Å². The van der Waals surface area contributed by atoms with Gasteiger partial charge in [0.25, 0.3) is 0 Å². The summed E-state index contributed by atoms with van der Waals surface area (Å²) in [6, 6.07) is 9.58. The van der Waals surface area contributed by atoms with Gasteiger partial charge in [-0.15, -0.1) is 0 Å². The van der Waals surface area contributed by atoms with Gasteiger partial charge >= 0.3 is 6.09 Å². The zero-order valence-corrected chi connectivity index (χ0v) is 12.4. The molecule has 1 unspecified atom stereocenters. The fraction of sp³-hybridized carbons (Fsp3) is 0.500. The lowest BCUT2D eigenvalue weighted by Gasteiger charge is -2.31. The molecular weight excluding hydrogens is 268 g/mol. The van der Waals surface area contributed by atoms with Gasteiger partial charge in [-0.3, -0.25) is 4.79 Å². The molecule has 1 aromatic rings. The summed E-state index contributed by atoms with van der Waals surface area (Å²) in [5, 5.41) is 2.81. The van der Waals surface area contributed by atoms with Crippen LogP contribution in [0.3, 0.4) is 0 Å². The number of nitrogens with zero attached hydrogens (tertiary/aromatic N) is 1. The standard InChI is InChI=1S/C16H22N2O3/c1-2-17-15(19)14-9-6-10-18(11-14)16(20)21-12-13-7-4-3-5-8-13/h3-5,7-8,14H,2,6,9-12H2,1H3,(H,17,19). The van der Waals surface area contributed by atoms with E-state index in [2.05, 4.69) is 5.32 Å². The third-order valence-electron chi connectivity index (χ3n) is 3.61. The van der Waals surface area contributed by atoms with E-state index in [0.29, 0.717) is 19.6 Å². The summed E-state index contributed by atoms with van der Waals surface area (Å²) in [5.41, 5.74) is 0.961. The van der Waals surface area contributed by atoms with Crippen LogP contribution in [0, 0.1) is 5.92 Å². The van der Waals surface area contributed by atoms with E-state index in [1.807, 2.05) is 37.3 Å². The number of carbonyl (C=O) groups excluding carboxylic acids is 2. The van der Waals surface area contributed by atoms with Crippen LogP contribution in [0.25, 0.3) is 0 Å². The van der Waals surface area contributed by atoms with Crippen molar-refractivity contribution in [2.75, 3.05) is 19.6 Å². The molecule has 0 aromatic heterocycles. The van der Waals surface area contributed by atoms with Crippen LogP contribution in [-0.2, 0) is 16.1 Å². The quantitative estimate of drug-likeness (QED) is 0.924. The number of carbonyl (C=O) groups is 2. The molecule has 5 nitrogen and oxygen atoms in total. The Morgan fingerprint density at radius 3 is 2.81 bits per heavy atom. The van der Waals surface area contributed by atoms with Gasteiger partial charge in [-0.1, -0.05) is 30.3 Å². The van der Waals surface area contributed by atoms with Gasteiger partial charge in [0.2, 0.25) is 5.91 Å². The minimum absolute atomic E-state index is 0.0260. The van der Waals surface area contributed by atoms with Gasteiger partial charge in [0, 0.05) is 19.6 Å². The predicted molar refractivity (Wildman–Crippen MR) is 79.6 cm³/mol. The summed E-state index contributed by atoms with van der Waals surface area (Å²) in [6.45, 7) is 3.88.